The summed E-state index contributed by atoms with van der Waals surface area (Å²) >= 11 is 0. The maximum atomic E-state index is 13.2. The molecule has 3 rings (SSSR count). The second kappa shape index (κ2) is 6.69. The Morgan fingerprint density at radius 2 is 2.08 bits per heavy atom. The molecule has 1 aromatic carbocycles. The van der Waals surface area contributed by atoms with Gasteiger partial charge in [0.15, 0.2) is 0 Å². The Bertz CT molecular complexity index is 827. The van der Waals surface area contributed by atoms with Gasteiger partial charge in [-0.25, -0.2) is 8.42 Å². The van der Waals surface area contributed by atoms with Gasteiger partial charge in [0.25, 0.3) is 0 Å². The summed E-state index contributed by atoms with van der Waals surface area (Å²) in [6.07, 6.45) is 3.42. The molecule has 1 aromatic heterocycles. The van der Waals surface area contributed by atoms with Crippen molar-refractivity contribution in [3.63, 3.8) is 0 Å². The Labute approximate surface area is 143 Å². The third-order valence-corrected chi connectivity index (χ3v) is 6.60. The molecule has 5 nitrogen and oxygen atoms in total. The van der Waals surface area contributed by atoms with Crippen molar-refractivity contribution in [2.24, 2.45) is 0 Å². The Kier molecular flexibility index (Phi) is 4.78. The van der Waals surface area contributed by atoms with Crippen LogP contribution >= 0.6 is 0 Å². The molecule has 1 saturated heterocycles. The number of aryl methyl sites for hydroxylation is 3. The van der Waals surface area contributed by atoms with Crippen LogP contribution in [-0.4, -0.2) is 24.4 Å². The molecule has 0 spiro atoms. The third-order valence-electron chi connectivity index (χ3n) is 4.55. The molecular weight excluding hydrogens is 324 g/mol. The van der Waals surface area contributed by atoms with Crippen LogP contribution < -0.4 is 0 Å². The fraction of sp³-hybridized carbons (Fsp3) is 0.500. The van der Waals surface area contributed by atoms with Crippen LogP contribution in [0, 0.1) is 13.8 Å². The molecule has 0 bridgehead atoms. The van der Waals surface area contributed by atoms with Gasteiger partial charge in [-0.05, 0) is 50.3 Å². The summed E-state index contributed by atoms with van der Waals surface area (Å²) in [5, 5.41) is 4.13. The lowest BCUT2D eigenvalue weighted by molar-refractivity contribution is 0.343. The SMILES string of the molecule is CCCc1cc([C@@H]2CCCN2S(=O)(=O)c2cc(C)ccc2C)no1. The van der Waals surface area contributed by atoms with E-state index in [1.54, 1.807) is 10.4 Å². The number of sulfonamides is 1. The summed E-state index contributed by atoms with van der Waals surface area (Å²) in [6.45, 7) is 6.35. The molecule has 0 saturated carbocycles. The highest BCUT2D eigenvalue weighted by atomic mass is 32.2. The van der Waals surface area contributed by atoms with Gasteiger partial charge < -0.3 is 4.52 Å². The average molecular weight is 348 g/mol. The van der Waals surface area contributed by atoms with E-state index in [-0.39, 0.29) is 6.04 Å². The van der Waals surface area contributed by atoms with Gasteiger partial charge in [-0.15, -0.1) is 0 Å². The highest BCUT2D eigenvalue weighted by Gasteiger charge is 2.38. The first-order valence-electron chi connectivity index (χ1n) is 8.48. The second-order valence-electron chi connectivity index (χ2n) is 6.51. The average Bonchev–Trinajstić information content (AvgIpc) is 3.18. The Hall–Kier alpha value is -1.66. The molecule has 2 heterocycles. The number of aromatic nitrogens is 1. The van der Waals surface area contributed by atoms with E-state index in [1.165, 1.54) is 0 Å². The van der Waals surface area contributed by atoms with Crippen molar-refractivity contribution in [1.29, 1.82) is 0 Å². The van der Waals surface area contributed by atoms with E-state index in [1.807, 2.05) is 32.0 Å². The molecule has 0 amide bonds. The molecule has 130 valence electrons. The zero-order chi connectivity index (χ0) is 17.3. The predicted molar refractivity (Wildman–Crippen MR) is 92.3 cm³/mol. The normalized spacial score (nSPS) is 19.0. The zero-order valence-corrected chi connectivity index (χ0v) is 15.3. The maximum Gasteiger partial charge on any atom is 0.243 e. The Morgan fingerprint density at radius 1 is 1.29 bits per heavy atom. The number of nitrogens with zero attached hydrogens (tertiary/aromatic N) is 2. The van der Waals surface area contributed by atoms with E-state index < -0.39 is 10.0 Å². The van der Waals surface area contributed by atoms with Crippen LogP contribution in [0.4, 0.5) is 0 Å². The van der Waals surface area contributed by atoms with Crippen molar-refractivity contribution >= 4 is 10.0 Å². The highest BCUT2D eigenvalue weighted by Crippen LogP contribution is 2.37. The van der Waals surface area contributed by atoms with Crippen LogP contribution in [-0.2, 0) is 16.4 Å². The summed E-state index contributed by atoms with van der Waals surface area (Å²) in [6, 6.07) is 7.23. The van der Waals surface area contributed by atoms with Gasteiger partial charge in [0.2, 0.25) is 10.0 Å². The number of rotatable bonds is 5. The van der Waals surface area contributed by atoms with E-state index in [2.05, 4.69) is 12.1 Å². The van der Waals surface area contributed by atoms with Crippen LogP contribution in [0.5, 0.6) is 0 Å². The molecule has 1 atom stereocenters. The number of hydrogen-bond donors (Lipinski definition) is 0. The van der Waals surface area contributed by atoms with Crippen molar-refractivity contribution in [2.75, 3.05) is 6.54 Å². The van der Waals surface area contributed by atoms with Crippen LogP contribution in [0.1, 0.15) is 54.8 Å². The molecule has 0 radical (unpaired) electrons. The van der Waals surface area contributed by atoms with Crippen LogP contribution in [0.2, 0.25) is 0 Å². The van der Waals surface area contributed by atoms with E-state index >= 15 is 0 Å². The lowest BCUT2D eigenvalue weighted by atomic mass is 10.1. The van der Waals surface area contributed by atoms with Crippen molar-refractivity contribution < 1.29 is 12.9 Å². The lowest BCUT2D eigenvalue weighted by Crippen LogP contribution is -2.31. The van der Waals surface area contributed by atoms with E-state index in [0.717, 1.165) is 48.3 Å². The topological polar surface area (TPSA) is 63.4 Å². The summed E-state index contributed by atoms with van der Waals surface area (Å²) in [4.78, 5) is 0.395. The first-order chi connectivity index (χ1) is 11.4. The van der Waals surface area contributed by atoms with Gasteiger partial charge in [-0.3, -0.25) is 0 Å². The molecule has 1 aliphatic rings. The monoisotopic (exact) mass is 348 g/mol. The van der Waals surface area contributed by atoms with Crippen molar-refractivity contribution in [1.82, 2.24) is 9.46 Å². The minimum absolute atomic E-state index is 0.232. The quantitative estimate of drug-likeness (QED) is 0.825. The highest BCUT2D eigenvalue weighted by molar-refractivity contribution is 7.89. The Balaban J connectivity index is 1.95. The minimum Gasteiger partial charge on any atom is -0.361 e. The number of benzene rings is 1. The van der Waals surface area contributed by atoms with Crippen LogP contribution in [0.15, 0.2) is 33.7 Å². The summed E-state index contributed by atoms with van der Waals surface area (Å²) in [7, 11) is -3.54. The fourth-order valence-electron chi connectivity index (χ4n) is 3.29. The Morgan fingerprint density at radius 3 is 2.83 bits per heavy atom. The van der Waals surface area contributed by atoms with Gasteiger partial charge in [-0.2, -0.15) is 4.31 Å². The summed E-state index contributed by atoms with van der Waals surface area (Å²) < 4.78 is 33.3. The van der Waals surface area contributed by atoms with Crippen LogP contribution in [0.25, 0.3) is 0 Å². The van der Waals surface area contributed by atoms with Crippen LogP contribution in [0.3, 0.4) is 0 Å². The van der Waals surface area contributed by atoms with Crippen molar-refractivity contribution in [3.05, 3.63) is 46.8 Å². The van der Waals surface area contributed by atoms with Gasteiger partial charge in [0.05, 0.1) is 10.9 Å². The van der Waals surface area contributed by atoms with E-state index in [0.29, 0.717) is 11.4 Å². The predicted octanol–water partition coefficient (Wildman–Crippen LogP) is 3.77. The summed E-state index contributed by atoms with van der Waals surface area (Å²) in [5.41, 5.74) is 2.45. The van der Waals surface area contributed by atoms with Crippen molar-refractivity contribution in [3.8, 4) is 0 Å². The molecule has 6 heteroatoms. The van der Waals surface area contributed by atoms with E-state index in [4.69, 9.17) is 4.52 Å². The van der Waals surface area contributed by atoms with Gasteiger partial charge >= 0.3 is 0 Å². The lowest BCUT2D eigenvalue weighted by Gasteiger charge is -2.23. The minimum atomic E-state index is -3.54. The molecule has 0 unspecified atom stereocenters. The molecule has 2 aromatic rings. The molecular formula is C18H24N2O3S. The largest absolute Gasteiger partial charge is 0.361 e. The first-order valence-corrected chi connectivity index (χ1v) is 9.92. The molecule has 1 aliphatic heterocycles. The molecule has 24 heavy (non-hydrogen) atoms. The summed E-state index contributed by atoms with van der Waals surface area (Å²) in [5.74, 6) is 0.823. The van der Waals surface area contributed by atoms with Gasteiger partial charge in [0.1, 0.15) is 11.5 Å². The first kappa shape index (κ1) is 17.2. The molecule has 0 N–H and O–H groups in total. The van der Waals surface area contributed by atoms with Gasteiger partial charge in [-0.1, -0.05) is 24.2 Å². The molecule has 1 fully saturated rings. The maximum absolute atomic E-state index is 13.2. The van der Waals surface area contributed by atoms with E-state index in [9.17, 15) is 8.42 Å². The van der Waals surface area contributed by atoms with Crippen molar-refractivity contribution in [2.45, 2.75) is 57.4 Å². The number of hydrogen-bond acceptors (Lipinski definition) is 4. The van der Waals surface area contributed by atoms with Gasteiger partial charge in [0, 0.05) is 19.0 Å². The second-order valence-corrected chi connectivity index (χ2v) is 8.37. The standard InChI is InChI=1S/C18H24N2O3S/c1-4-6-15-12-16(19-23-15)17-7-5-10-20(17)24(21,22)18-11-13(2)8-9-14(18)3/h8-9,11-12,17H,4-7,10H2,1-3H3/t17-/m0/s1. The zero-order valence-electron chi connectivity index (χ0n) is 14.4. The third kappa shape index (κ3) is 3.13. The smallest absolute Gasteiger partial charge is 0.243 e. The fourth-order valence-corrected chi connectivity index (χ4v) is 5.27. The molecule has 0 aliphatic carbocycles.